The second-order valence-corrected chi connectivity index (χ2v) is 7.94. The quantitative estimate of drug-likeness (QED) is 0.378. The fraction of sp³-hybridized carbons (Fsp3) is 0.125. The van der Waals surface area contributed by atoms with E-state index in [0.717, 1.165) is 11.1 Å². The first-order valence-corrected chi connectivity index (χ1v) is 10.9. The van der Waals surface area contributed by atoms with Crippen molar-refractivity contribution in [1.82, 2.24) is 15.0 Å². The summed E-state index contributed by atoms with van der Waals surface area (Å²) < 4.78 is 18.4. The fourth-order valence-electron chi connectivity index (χ4n) is 2.95. The number of aromatic nitrogens is 3. The maximum Gasteiger partial charge on any atom is 0.359 e. The number of rotatable bonds is 7. The van der Waals surface area contributed by atoms with Gasteiger partial charge in [-0.2, -0.15) is 0 Å². The number of benzene rings is 2. The molecule has 0 aliphatic carbocycles. The number of hydrogen-bond acceptors (Lipinski definition) is 7. The van der Waals surface area contributed by atoms with Crippen LogP contribution in [-0.2, 0) is 16.1 Å². The van der Waals surface area contributed by atoms with Gasteiger partial charge in [-0.05, 0) is 36.8 Å². The average molecular weight is 463 g/mol. The minimum absolute atomic E-state index is 0.0239. The highest BCUT2D eigenvalue weighted by atomic mass is 32.1. The van der Waals surface area contributed by atoms with Crippen LogP contribution in [0.1, 0.15) is 21.7 Å². The van der Waals surface area contributed by atoms with Crippen LogP contribution in [0.5, 0.6) is 0 Å². The Labute approximate surface area is 193 Å². The van der Waals surface area contributed by atoms with Gasteiger partial charge >= 0.3 is 5.97 Å². The Morgan fingerprint density at radius 2 is 1.79 bits per heavy atom. The van der Waals surface area contributed by atoms with Crippen LogP contribution in [0.25, 0.3) is 11.3 Å². The van der Waals surface area contributed by atoms with Crippen molar-refractivity contribution in [2.45, 2.75) is 13.5 Å². The van der Waals surface area contributed by atoms with Crippen molar-refractivity contribution >= 4 is 28.3 Å². The number of nitrogens with zero attached hydrogens (tertiary/aromatic N) is 4. The number of ether oxygens (including phenoxy) is 1. The maximum absolute atomic E-state index is 13.3. The van der Waals surface area contributed by atoms with Crippen LogP contribution < -0.4 is 4.90 Å². The summed E-state index contributed by atoms with van der Waals surface area (Å²) in [5.41, 5.74) is 2.93. The van der Waals surface area contributed by atoms with Crippen molar-refractivity contribution in [2.24, 2.45) is 0 Å². The predicted octanol–water partition coefficient (Wildman–Crippen LogP) is 4.44. The number of thiazole rings is 1. The van der Waals surface area contributed by atoms with Gasteiger partial charge in [0.1, 0.15) is 5.82 Å². The second kappa shape index (κ2) is 10.1. The Morgan fingerprint density at radius 3 is 2.48 bits per heavy atom. The van der Waals surface area contributed by atoms with Gasteiger partial charge in [-0.1, -0.05) is 30.3 Å². The summed E-state index contributed by atoms with van der Waals surface area (Å²) >= 11 is 1.27. The van der Waals surface area contributed by atoms with Gasteiger partial charge in [-0.25, -0.2) is 19.2 Å². The zero-order valence-corrected chi connectivity index (χ0v) is 18.5. The van der Waals surface area contributed by atoms with Crippen LogP contribution in [0.3, 0.4) is 0 Å². The smallest absolute Gasteiger partial charge is 0.359 e. The van der Waals surface area contributed by atoms with Gasteiger partial charge in [-0.15, -0.1) is 11.3 Å². The van der Waals surface area contributed by atoms with Gasteiger partial charge in [0.2, 0.25) is 0 Å². The third-order valence-electron chi connectivity index (χ3n) is 4.66. The molecule has 0 saturated carbocycles. The Morgan fingerprint density at radius 1 is 1.03 bits per heavy atom. The van der Waals surface area contributed by atoms with Crippen molar-refractivity contribution in [3.63, 3.8) is 0 Å². The molecule has 0 bridgehead atoms. The topological polar surface area (TPSA) is 85.3 Å². The summed E-state index contributed by atoms with van der Waals surface area (Å²) in [5.74, 6) is -1.51. The van der Waals surface area contributed by atoms with Gasteiger partial charge in [0.25, 0.3) is 5.91 Å². The lowest BCUT2D eigenvalue weighted by Crippen LogP contribution is -2.34. The molecule has 0 atom stereocenters. The molecule has 2 aromatic heterocycles. The molecular formula is C24H19FN4O3S. The number of hydrogen-bond donors (Lipinski definition) is 0. The van der Waals surface area contributed by atoms with Crippen LogP contribution in [0.15, 0.2) is 72.4 Å². The number of carbonyl (C=O) groups is 2. The van der Waals surface area contributed by atoms with Crippen LogP contribution in [0.4, 0.5) is 9.52 Å². The number of aryl methyl sites for hydroxylation is 1. The highest BCUT2D eigenvalue weighted by Crippen LogP contribution is 2.29. The maximum atomic E-state index is 13.3. The molecule has 9 heteroatoms. The molecule has 1 amide bonds. The fourth-order valence-corrected chi connectivity index (χ4v) is 3.80. The van der Waals surface area contributed by atoms with Crippen LogP contribution in [0.2, 0.25) is 0 Å². The van der Waals surface area contributed by atoms with Crippen molar-refractivity contribution in [3.05, 3.63) is 95.1 Å². The third-order valence-corrected chi connectivity index (χ3v) is 5.53. The van der Waals surface area contributed by atoms with E-state index in [0.29, 0.717) is 16.5 Å². The minimum Gasteiger partial charge on any atom is -0.451 e. The lowest BCUT2D eigenvalue weighted by Gasteiger charge is -2.20. The molecule has 0 radical (unpaired) electrons. The van der Waals surface area contributed by atoms with E-state index in [4.69, 9.17) is 4.74 Å². The SMILES string of the molecule is Cc1cnc(C(=O)OCC(=O)N(Cc2ccccc2)c2nc(-c3ccc(F)cc3)cs2)cn1. The van der Waals surface area contributed by atoms with E-state index in [9.17, 15) is 14.0 Å². The molecule has 4 aromatic rings. The largest absolute Gasteiger partial charge is 0.451 e. The van der Waals surface area contributed by atoms with E-state index >= 15 is 0 Å². The predicted molar refractivity (Wildman–Crippen MR) is 122 cm³/mol. The minimum atomic E-state index is -0.735. The van der Waals surface area contributed by atoms with Gasteiger partial charge in [0.05, 0.1) is 24.1 Å². The molecule has 0 saturated heterocycles. The van der Waals surface area contributed by atoms with Crippen LogP contribution in [-0.4, -0.2) is 33.4 Å². The van der Waals surface area contributed by atoms with E-state index in [1.54, 1.807) is 24.4 Å². The molecule has 166 valence electrons. The first-order valence-electron chi connectivity index (χ1n) is 10.0. The number of amides is 1. The Kier molecular flexibility index (Phi) is 6.80. The molecule has 33 heavy (non-hydrogen) atoms. The molecule has 4 rings (SSSR count). The van der Waals surface area contributed by atoms with E-state index < -0.39 is 18.5 Å². The van der Waals surface area contributed by atoms with Crippen LogP contribution in [0, 0.1) is 12.7 Å². The first kappa shape index (κ1) is 22.2. The summed E-state index contributed by atoms with van der Waals surface area (Å²) in [6.45, 7) is 1.52. The number of carbonyl (C=O) groups excluding carboxylic acids is 2. The van der Waals surface area contributed by atoms with E-state index in [2.05, 4.69) is 15.0 Å². The molecule has 0 fully saturated rings. The van der Waals surface area contributed by atoms with Crippen molar-refractivity contribution < 1.29 is 18.7 Å². The van der Waals surface area contributed by atoms with Gasteiger partial charge in [0.15, 0.2) is 17.4 Å². The average Bonchev–Trinajstić information content (AvgIpc) is 3.32. The molecule has 0 N–H and O–H groups in total. The monoisotopic (exact) mass is 462 g/mol. The lowest BCUT2D eigenvalue weighted by molar-refractivity contribution is -0.121. The zero-order valence-electron chi connectivity index (χ0n) is 17.6. The molecule has 2 heterocycles. The summed E-state index contributed by atoms with van der Waals surface area (Å²) in [6, 6.07) is 15.4. The first-order chi connectivity index (χ1) is 16.0. The molecule has 7 nitrogen and oxygen atoms in total. The summed E-state index contributed by atoms with van der Waals surface area (Å²) in [4.78, 5) is 39.3. The third kappa shape index (κ3) is 5.64. The van der Waals surface area contributed by atoms with Crippen molar-refractivity contribution in [1.29, 1.82) is 0 Å². The van der Waals surface area contributed by atoms with E-state index in [1.165, 1.54) is 40.8 Å². The van der Waals surface area contributed by atoms with Crippen molar-refractivity contribution in [3.8, 4) is 11.3 Å². The second-order valence-electron chi connectivity index (χ2n) is 7.11. The summed E-state index contributed by atoms with van der Waals surface area (Å²) in [6.07, 6.45) is 2.76. The molecule has 0 aliphatic heterocycles. The number of anilines is 1. The van der Waals surface area contributed by atoms with Gasteiger partial charge in [-0.3, -0.25) is 14.7 Å². The molecule has 2 aromatic carbocycles. The number of halogens is 1. The lowest BCUT2D eigenvalue weighted by atomic mass is 10.2. The van der Waals surface area contributed by atoms with Gasteiger partial charge in [0, 0.05) is 17.1 Å². The Bertz CT molecular complexity index is 1240. The summed E-state index contributed by atoms with van der Waals surface area (Å²) in [5, 5.41) is 2.23. The molecule has 0 spiro atoms. The van der Waals surface area contributed by atoms with E-state index in [-0.39, 0.29) is 18.1 Å². The standard InChI is InChI=1S/C24H19FN4O3S/c1-16-11-27-20(12-26-16)23(31)32-14-22(30)29(13-17-5-3-2-4-6-17)24-28-21(15-33-24)18-7-9-19(25)10-8-18/h2-12,15H,13-14H2,1H3. The summed E-state index contributed by atoms with van der Waals surface area (Å²) in [7, 11) is 0. The van der Waals surface area contributed by atoms with Crippen molar-refractivity contribution in [2.75, 3.05) is 11.5 Å². The highest BCUT2D eigenvalue weighted by molar-refractivity contribution is 7.14. The number of esters is 1. The molecule has 0 aliphatic rings. The molecular weight excluding hydrogens is 443 g/mol. The zero-order chi connectivity index (χ0) is 23.2. The Hall–Kier alpha value is -3.98. The normalized spacial score (nSPS) is 10.6. The Balaban J connectivity index is 1.53. The molecule has 0 unspecified atom stereocenters. The van der Waals surface area contributed by atoms with E-state index in [1.807, 2.05) is 30.3 Å². The van der Waals surface area contributed by atoms with Gasteiger partial charge < -0.3 is 4.74 Å². The highest BCUT2D eigenvalue weighted by Gasteiger charge is 2.22. The van der Waals surface area contributed by atoms with Crippen LogP contribution >= 0.6 is 11.3 Å².